The van der Waals surface area contributed by atoms with Crippen molar-refractivity contribution in [2.45, 2.75) is 25.7 Å². The van der Waals surface area contributed by atoms with Gasteiger partial charge >= 0.3 is 0 Å². The zero-order valence-corrected chi connectivity index (χ0v) is 16.8. The van der Waals surface area contributed by atoms with E-state index in [0.29, 0.717) is 0 Å². The largest absolute Gasteiger partial charge is 0.0622 e. The molecule has 0 amide bonds. The van der Waals surface area contributed by atoms with Gasteiger partial charge in [0.25, 0.3) is 0 Å². The van der Waals surface area contributed by atoms with Crippen LogP contribution in [0.2, 0.25) is 0 Å². The van der Waals surface area contributed by atoms with Gasteiger partial charge in [-0.2, -0.15) is 0 Å². The Morgan fingerprint density at radius 1 is 0.519 bits per heavy atom. The first-order valence-corrected chi connectivity index (χ1v) is 10.5. The summed E-state index contributed by atoms with van der Waals surface area (Å²) in [6.45, 7) is 0. The number of rotatable bonds is 2. The zero-order chi connectivity index (χ0) is 18.2. The molecule has 0 fully saturated rings. The van der Waals surface area contributed by atoms with E-state index in [0.717, 1.165) is 4.47 Å². The lowest BCUT2D eigenvalue weighted by atomic mass is 9.78. The summed E-state index contributed by atoms with van der Waals surface area (Å²) < 4.78 is 1.13. The molecule has 0 unspecified atom stereocenters. The van der Waals surface area contributed by atoms with Gasteiger partial charge in [-0.15, -0.1) is 0 Å². The van der Waals surface area contributed by atoms with E-state index < -0.39 is 0 Å². The number of benzene rings is 4. The molecule has 4 aromatic rings. The summed E-state index contributed by atoms with van der Waals surface area (Å²) >= 11 is 3.58. The molecule has 0 heterocycles. The van der Waals surface area contributed by atoms with Crippen LogP contribution in [0.25, 0.3) is 33.0 Å². The molecule has 4 aromatic carbocycles. The lowest BCUT2D eigenvalue weighted by Crippen LogP contribution is -2.08. The van der Waals surface area contributed by atoms with E-state index >= 15 is 0 Å². The third kappa shape index (κ3) is 2.91. The normalized spacial score (nSPS) is 13.5. The molecule has 0 saturated carbocycles. The van der Waals surface area contributed by atoms with E-state index in [1.165, 1.54) is 58.7 Å². The summed E-state index contributed by atoms with van der Waals surface area (Å²) in [5, 5.41) is 2.75. The Bertz CT molecular complexity index is 1110. The second-order valence-corrected chi connectivity index (χ2v) is 8.25. The summed E-state index contributed by atoms with van der Waals surface area (Å²) in [5.41, 5.74) is 8.67. The Hall–Kier alpha value is -2.38. The third-order valence-electron chi connectivity index (χ3n) is 5.73. The summed E-state index contributed by atoms with van der Waals surface area (Å²) in [4.78, 5) is 0. The molecule has 1 aliphatic carbocycles. The van der Waals surface area contributed by atoms with E-state index in [1.807, 2.05) is 0 Å². The maximum absolute atomic E-state index is 3.58. The highest BCUT2D eigenvalue weighted by Crippen LogP contribution is 2.44. The monoisotopic (exact) mass is 412 g/mol. The predicted octanol–water partition coefficient (Wildman–Crippen LogP) is 7.82. The van der Waals surface area contributed by atoms with Gasteiger partial charge in [0.2, 0.25) is 0 Å². The van der Waals surface area contributed by atoms with Crippen LogP contribution in [0.4, 0.5) is 0 Å². The lowest BCUT2D eigenvalue weighted by Gasteiger charge is -2.26. The van der Waals surface area contributed by atoms with E-state index in [2.05, 4.69) is 94.8 Å². The average Bonchev–Trinajstić information content (AvgIpc) is 2.73. The summed E-state index contributed by atoms with van der Waals surface area (Å²) in [7, 11) is 0. The Balaban J connectivity index is 1.91. The lowest BCUT2D eigenvalue weighted by molar-refractivity contribution is 0.689. The van der Waals surface area contributed by atoms with Crippen molar-refractivity contribution >= 4 is 26.7 Å². The maximum Gasteiger partial charge on any atom is 0.0175 e. The van der Waals surface area contributed by atoms with Crippen molar-refractivity contribution in [2.75, 3.05) is 0 Å². The van der Waals surface area contributed by atoms with Crippen molar-refractivity contribution in [3.63, 3.8) is 0 Å². The third-order valence-corrected chi connectivity index (χ3v) is 6.26. The Morgan fingerprint density at radius 2 is 1.00 bits per heavy atom. The Labute approximate surface area is 169 Å². The van der Waals surface area contributed by atoms with Gasteiger partial charge in [0, 0.05) is 4.47 Å². The molecular weight excluding hydrogens is 392 g/mol. The first-order valence-electron chi connectivity index (χ1n) is 9.71. The van der Waals surface area contributed by atoms with Crippen LogP contribution in [0.1, 0.15) is 24.0 Å². The molecule has 132 valence electrons. The highest BCUT2D eigenvalue weighted by molar-refractivity contribution is 9.10. The fraction of sp³-hybridized carbons (Fsp3) is 0.154. The number of fused-ring (bicyclic) bond motifs is 2. The van der Waals surface area contributed by atoms with Crippen LogP contribution >= 0.6 is 15.9 Å². The topological polar surface area (TPSA) is 0 Å². The van der Waals surface area contributed by atoms with Crippen LogP contribution in [0.5, 0.6) is 0 Å². The SMILES string of the molecule is Brc1ccc(-c2c3c(c(-c4ccccc4)c4ccccc24)CCCC3)cc1. The van der Waals surface area contributed by atoms with Gasteiger partial charge < -0.3 is 0 Å². The second-order valence-electron chi connectivity index (χ2n) is 7.33. The summed E-state index contributed by atoms with van der Waals surface area (Å²) in [6.07, 6.45) is 4.91. The Kier molecular flexibility index (Phi) is 4.33. The molecule has 0 bridgehead atoms. The van der Waals surface area contributed by atoms with E-state index in [1.54, 1.807) is 11.1 Å². The molecule has 0 aromatic heterocycles. The van der Waals surface area contributed by atoms with Gasteiger partial charge in [0.1, 0.15) is 0 Å². The molecule has 1 heteroatoms. The van der Waals surface area contributed by atoms with Crippen LogP contribution < -0.4 is 0 Å². The van der Waals surface area contributed by atoms with Gasteiger partial charge in [-0.1, -0.05) is 82.7 Å². The van der Waals surface area contributed by atoms with E-state index in [-0.39, 0.29) is 0 Å². The fourth-order valence-corrected chi connectivity index (χ4v) is 4.85. The van der Waals surface area contributed by atoms with Gasteiger partial charge in [-0.25, -0.2) is 0 Å². The maximum atomic E-state index is 3.58. The van der Waals surface area contributed by atoms with Crippen LogP contribution in [-0.2, 0) is 12.8 Å². The predicted molar refractivity (Wildman–Crippen MR) is 119 cm³/mol. The highest BCUT2D eigenvalue weighted by Gasteiger charge is 2.22. The van der Waals surface area contributed by atoms with Gasteiger partial charge in [0.05, 0.1) is 0 Å². The highest BCUT2D eigenvalue weighted by atomic mass is 79.9. The molecule has 0 atom stereocenters. The van der Waals surface area contributed by atoms with Crippen molar-refractivity contribution < 1.29 is 0 Å². The molecule has 27 heavy (non-hydrogen) atoms. The second kappa shape index (κ2) is 6.98. The van der Waals surface area contributed by atoms with Crippen molar-refractivity contribution in [1.29, 1.82) is 0 Å². The molecule has 0 spiro atoms. The van der Waals surface area contributed by atoms with Crippen molar-refractivity contribution in [1.82, 2.24) is 0 Å². The molecule has 1 aliphatic rings. The minimum absolute atomic E-state index is 1.13. The molecule has 0 nitrogen and oxygen atoms in total. The van der Waals surface area contributed by atoms with Crippen molar-refractivity contribution in [2.24, 2.45) is 0 Å². The van der Waals surface area contributed by atoms with Crippen LogP contribution in [0, 0.1) is 0 Å². The molecule has 0 saturated heterocycles. The summed E-state index contributed by atoms with van der Waals surface area (Å²) in [5.74, 6) is 0. The van der Waals surface area contributed by atoms with Gasteiger partial charge in [0.15, 0.2) is 0 Å². The first kappa shape index (κ1) is 16.8. The molecule has 0 N–H and O–H groups in total. The number of hydrogen-bond donors (Lipinski definition) is 0. The van der Waals surface area contributed by atoms with Crippen LogP contribution in [0.15, 0.2) is 83.3 Å². The summed E-state index contributed by atoms with van der Waals surface area (Å²) in [6, 6.07) is 28.7. The fourth-order valence-electron chi connectivity index (χ4n) is 4.58. The average molecular weight is 413 g/mol. The van der Waals surface area contributed by atoms with E-state index in [4.69, 9.17) is 0 Å². The molecular formula is C26H21Br. The molecule has 0 aliphatic heterocycles. The zero-order valence-electron chi connectivity index (χ0n) is 15.2. The van der Waals surface area contributed by atoms with Crippen molar-refractivity contribution in [3.05, 3.63) is 94.5 Å². The molecule has 5 rings (SSSR count). The van der Waals surface area contributed by atoms with Crippen molar-refractivity contribution in [3.8, 4) is 22.3 Å². The smallest absolute Gasteiger partial charge is 0.0175 e. The minimum atomic E-state index is 1.13. The van der Waals surface area contributed by atoms with Crippen LogP contribution in [-0.4, -0.2) is 0 Å². The quantitative estimate of drug-likeness (QED) is 0.314. The number of hydrogen-bond acceptors (Lipinski definition) is 0. The van der Waals surface area contributed by atoms with Gasteiger partial charge in [-0.05, 0) is 82.0 Å². The standard InChI is InChI=1S/C26H21Br/c27-20-16-14-19(15-17-20)26-23-12-6-4-10-21(23)25(18-8-2-1-3-9-18)22-11-5-7-13-24(22)26/h1-4,6,8-10,12,14-17H,5,7,11,13H2. The Morgan fingerprint density at radius 3 is 1.56 bits per heavy atom. The van der Waals surface area contributed by atoms with E-state index in [9.17, 15) is 0 Å². The van der Waals surface area contributed by atoms with Crippen LogP contribution in [0.3, 0.4) is 0 Å². The number of halogens is 1. The molecule has 0 radical (unpaired) electrons. The first-order chi connectivity index (χ1) is 13.3. The van der Waals surface area contributed by atoms with Gasteiger partial charge in [-0.3, -0.25) is 0 Å². The minimum Gasteiger partial charge on any atom is -0.0622 e.